The second kappa shape index (κ2) is 6.41. The van der Waals surface area contributed by atoms with Gasteiger partial charge in [0.1, 0.15) is 11.4 Å². The topological polar surface area (TPSA) is 15.9 Å². The summed E-state index contributed by atoms with van der Waals surface area (Å²) in [6.45, 7) is 2.10. The van der Waals surface area contributed by atoms with Crippen LogP contribution in [0.4, 0.5) is 10.8 Å². The molecule has 3 aromatic rings. The molecule has 3 rings (SSSR count). The lowest BCUT2D eigenvalue weighted by Gasteiger charge is -2.04. The smallest absolute Gasteiger partial charge is 0.231 e. The minimum atomic E-state index is 0.755. The molecule has 0 bridgehead atoms. The number of aryl methyl sites for hydroxylation is 1. The van der Waals surface area contributed by atoms with Crippen molar-refractivity contribution < 1.29 is 4.57 Å². The van der Waals surface area contributed by atoms with Crippen molar-refractivity contribution >= 4 is 49.7 Å². The highest BCUT2D eigenvalue weighted by Gasteiger charge is 2.17. The number of hydrogen-bond acceptors (Lipinski definition) is 2. The fraction of sp³-hybridized carbons (Fsp3) is 0.118. The molecule has 0 aliphatic rings. The highest BCUT2D eigenvalue weighted by atomic mass is 79.9. The van der Waals surface area contributed by atoms with Gasteiger partial charge in [-0.15, -0.1) is 0 Å². The number of hydrogen-bond donors (Lipinski definition) is 1. The third kappa shape index (κ3) is 3.19. The SMILES string of the molecule is Cc1cc(Br)ccc1Nc1scc(-c2ccc(Cl)cc2)[n+]1C. The quantitative estimate of drug-likeness (QED) is 0.563. The van der Waals surface area contributed by atoms with Crippen molar-refractivity contribution in [3.05, 3.63) is 62.9 Å². The zero-order valence-electron chi connectivity index (χ0n) is 12.2. The van der Waals surface area contributed by atoms with E-state index in [0.717, 1.165) is 25.9 Å². The number of nitrogens with one attached hydrogen (secondary N) is 1. The molecule has 0 aliphatic heterocycles. The summed E-state index contributed by atoms with van der Waals surface area (Å²) >= 11 is 11.1. The Kier molecular flexibility index (Phi) is 4.52. The van der Waals surface area contributed by atoms with Crippen molar-refractivity contribution in [2.24, 2.45) is 7.05 Å². The largest absolute Gasteiger partial charge is 0.339 e. The first-order chi connectivity index (χ1) is 10.5. The van der Waals surface area contributed by atoms with Crippen molar-refractivity contribution in [2.45, 2.75) is 6.92 Å². The van der Waals surface area contributed by atoms with Crippen LogP contribution in [0, 0.1) is 6.92 Å². The molecule has 0 radical (unpaired) electrons. The second-order valence-electron chi connectivity index (χ2n) is 5.08. The molecular weight excluding hydrogens is 380 g/mol. The molecule has 0 amide bonds. The van der Waals surface area contributed by atoms with Crippen LogP contribution in [0.25, 0.3) is 11.3 Å². The summed E-state index contributed by atoms with van der Waals surface area (Å²) in [5.74, 6) is 0. The first-order valence-electron chi connectivity index (χ1n) is 6.81. The molecule has 0 atom stereocenters. The van der Waals surface area contributed by atoms with Gasteiger partial charge in [-0.1, -0.05) is 38.9 Å². The number of benzene rings is 2. The molecule has 1 aromatic heterocycles. The Labute approximate surface area is 147 Å². The first kappa shape index (κ1) is 15.5. The summed E-state index contributed by atoms with van der Waals surface area (Å²) in [5.41, 5.74) is 4.64. The fourth-order valence-corrected chi connectivity index (χ4v) is 3.80. The Morgan fingerprint density at radius 1 is 1.14 bits per heavy atom. The monoisotopic (exact) mass is 393 g/mol. The first-order valence-corrected chi connectivity index (χ1v) is 8.86. The van der Waals surface area contributed by atoms with Crippen LogP contribution in [-0.4, -0.2) is 0 Å². The molecule has 112 valence electrons. The van der Waals surface area contributed by atoms with Crippen LogP contribution >= 0.6 is 38.9 Å². The lowest BCUT2D eigenvalue weighted by atomic mass is 10.2. The molecule has 0 spiro atoms. The Hall–Kier alpha value is -1.36. The summed E-state index contributed by atoms with van der Waals surface area (Å²) in [6.07, 6.45) is 0. The molecule has 5 heteroatoms. The summed E-state index contributed by atoms with van der Waals surface area (Å²) in [7, 11) is 2.07. The maximum Gasteiger partial charge on any atom is 0.339 e. The standard InChI is InChI=1S/C17H14BrClN2S/c1-11-9-13(18)5-8-15(11)20-17-21(2)16(10-22-17)12-3-6-14(19)7-4-12/h3-10H,1-2H3/p+1. The Balaban J connectivity index is 1.92. The Bertz CT molecular complexity index is 812. The summed E-state index contributed by atoms with van der Waals surface area (Å²) in [6, 6.07) is 14.2. The zero-order valence-corrected chi connectivity index (χ0v) is 15.4. The predicted molar refractivity (Wildman–Crippen MR) is 98.1 cm³/mol. The lowest BCUT2D eigenvalue weighted by Crippen LogP contribution is -2.31. The molecular formula is C17H15BrClN2S+. The summed E-state index contributed by atoms with van der Waals surface area (Å²) in [4.78, 5) is 0. The maximum atomic E-state index is 5.96. The van der Waals surface area contributed by atoms with Gasteiger partial charge in [0.15, 0.2) is 0 Å². The number of thiazole rings is 1. The van der Waals surface area contributed by atoms with Crippen LogP contribution in [0.5, 0.6) is 0 Å². The van der Waals surface area contributed by atoms with E-state index in [1.165, 1.54) is 11.3 Å². The molecule has 0 unspecified atom stereocenters. The van der Waals surface area contributed by atoms with Crippen LogP contribution in [0.15, 0.2) is 52.3 Å². The Morgan fingerprint density at radius 3 is 2.55 bits per heavy atom. The molecule has 2 aromatic carbocycles. The number of anilines is 2. The van der Waals surface area contributed by atoms with Crippen molar-refractivity contribution in [3.8, 4) is 11.3 Å². The molecule has 0 saturated heterocycles. The summed E-state index contributed by atoms with van der Waals surface area (Å²) < 4.78 is 3.25. The van der Waals surface area contributed by atoms with Gasteiger partial charge in [-0.3, -0.25) is 0 Å². The van der Waals surface area contributed by atoms with E-state index in [1.807, 2.05) is 30.3 Å². The van der Waals surface area contributed by atoms with Crippen molar-refractivity contribution in [2.75, 3.05) is 5.32 Å². The minimum absolute atomic E-state index is 0.755. The van der Waals surface area contributed by atoms with E-state index in [-0.39, 0.29) is 0 Å². The van der Waals surface area contributed by atoms with E-state index in [0.29, 0.717) is 0 Å². The van der Waals surface area contributed by atoms with Gasteiger partial charge in [-0.05, 0) is 55.0 Å². The molecule has 1 heterocycles. The average molecular weight is 395 g/mol. The number of halogens is 2. The van der Waals surface area contributed by atoms with Gasteiger partial charge < -0.3 is 0 Å². The molecule has 0 aliphatic carbocycles. The molecule has 0 saturated carbocycles. The van der Waals surface area contributed by atoms with Gasteiger partial charge in [0.2, 0.25) is 0 Å². The van der Waals surface area contributed by atoms with E-state index in [1.54, 1.807) is 11.3 Å². The van der Waals surface area contributed by atoms with Crippen LogP contribution in [-0.2, 0) is 7.05 Å². The summed E-state index contributed by atoms with van der Waals surface area (Å²) in [5, 5.41) is 7.50. The van der Waals surface area contributed by atoms with Crippen LogP contribution in [0.3, 0.4) is 0 Å². The minimum Gasteiger partial charge on any atom is -0.231 e. The van der Waals surface area contributed by atoms with E-state index in [2.05, 4.69) is 57.3 Å². The maximum absolute atomic E-state index is 5.96. The highest BCUT2D eigenvalue weighted by Crippen LogP contribution is 2.28. The third-order valence-corrected chi connectivity index (χ3v) is 5.20. The van der Waals surface area contributed by atoms with Gasteiger partial charge in [-0.25, -0.2) is 9.88 Å². The van der Waals surface area contributed by atoms with Gasteiger partial charge in [-0.2, -0.15) is 0 Å². The molecule has 1 N–H and O–H groups in total. The average Bonchev–Trinajstić information content (AvgIpc) is 2.84. The normalized spacial score (nSPS) is 10.7. The van der Waals surface area contributed by atoms with Gasteiger partial charge in [0.25, 0.3) is 0 Å². The van der Waals surface area contributed by atoms with E-state index in [9.17, 15) is 0 Å². The van der Waals surface area contributed by atoms with Crippen molar-refractivity contribution in [1.82, 2.24) is 0 Å². The van der Waals surface area contributed by atoms with Gasteiger partial charge >= 0.3 is 5.13 Å². The second-order valence-corrected chi connectivity index (χ2v) is 7.29. The van der Waals surface area contributed by atoms with E-state index in [4.69, 9.17) is 11.6 Å². The van der Waals surface area contributed by atoms with Crippen molar-refractivity contribution in [3.63, 3.8) is 0 Å². The lowest BCUT2D eigenvalue weighted by molar-refractivity contribution is -0.641. The van der Waals surface area contributed by atoms with Crippen LogP contribution in [0.1, 0.15) is 5.56 Å². The van der Waals surface area contributed by atoms with Crippen LogP contribution in [0.2, 0.25) is 5.02 Å². The van der Waals surface area contributed by atoms with E-state index < -0.39 is 0 Å². The molecule has 22 heavy (non-hydrogen) atoms. The number of nitrogens with zero attached hydrogens (tertiary/aromatic N) is 1. The van der Waals surface area contributed by atoms with Gasteiger partial charge in [0.05, 0.1) is 7.05 Å². The molecule has 0 fully saturated rings. The molecule has 2 nitrogen and oxygen atoms in total. The Morgan fingerprint density at radius 2 is 1.86 bits per heavy atom. The number of aromatic nitrogens is 1. The van der Waals surface area contributed by atoms with Crippen molar-refractivity contribution in [1.29, 1.82) is 0 Å². The fourth-order valence-electron chi connectivity index (χ4n) is 2.26. The number of rotatable bonds is 3. The third-order valence-electron chi connectivity index (χ3n) is 3.52. The van der Waals surface area contributed by atoms with E-state index >= 15 is 0 Å². The van der Waals surface area contributed by atoms with Gasteiger partial charge in [0, 0.05) is 20.4 Å². The predicted octanol–water partition coefficient (Wildman–Crippen LogP) is 5.71. The van der Waals surface area contributed by atoms with Crippen LogP contribution < -0.4 is 9.88 Å². The highest BCUT2D eigenvalue weighted by molar-refractivity contribution is 9.10. The zero-order chi connectivity index (χ0) is 15.7.